The highest BCUT2D eigenvalue weighted by Crippen LogP contribution is 2.42. The Kier molecular flexibility index (Phi) is 3.12. The molecule has 2 heteroatoms. The zero-order valence-electron chi connectivity index (χ0n) is 11.7. The standard InChI is InChI=1S/C18H19BrO/c1-11-9-10-20-18(11)17(19)15-8-7-13-6-5-12-3-2-4-14(15)16(12)13/h2-4,7-8,11,17-18H,5-6,9-10H2,1H3. The molecule has 2 aromatic rings. The van der Waals surface area contributed by atoms with E-state index < -0.39 is 0 Å². The van der Waals surface area contributed by atoms with Crippen LogP contribution in [0.4, 0.5) is 0 Å². The second-order valence-electron chi connectivity index (χ2n) is 6.16. The van der Waals surface area contributed by atoms with Crippen LogP contribution in [0.1, 0.15) is 34.9 Å². The van der Waals surface area contributed by atoms with Crippen molar-refractivity contribution in [3.05, 3.63) is 47.0 Å². The molecular formula is C18H19BrO. The molecule has 1 aliphatic heterocycles. The summed E-state index contributed by atoms with van der Waals surface area (Å²) in [6.07, 6.45) is 3.86. The fourth-order valence-electron chi connectivity index (χ4n) is 3.78. The van der Waals surface area contributed by atoms with Gasteiger partial charge in [-0.25, -0.2) is 0 Å². The van der Waals surface area contributed by atoms with E-state index in [1.165, 1.54) is 46.7 Å². The van der Waals surface area contributed by atoms with Crippen LogP contribution in [0.3, 0.4) is 0 Å². The Morgan fingerprint density at radius 3 is 2.70 bits per heavy atom. The van der Waals surface area contributed by atoms with Crippen LogP contribution in [-0.4, -0.2) is 12.7 Å². The summed E-state index contributed by atoms with van der Waals surface area (Å²) in [4.78, 5) is 0.296. The maximum atomic E-state index is 5.96. The summed E-state index contributed by atoms with van der Waals surface area (Å²) in [5.74, 6) is 0.627. The van der Waals surface area contributed by atoms with Crippen molar-refractivity contribution in [3.8, 4) is 0 Å². The maximum Gasteiger partial charge on any atom is 0.0767 e. The topological polar surface area (TPSA) is 9.23 Å². The van der Waals surface area contributed by atoms with Crippen LogP contribution in [0, 0.1) is 5.92 Å². The molecule has 2 aliphatic rings. The Morgan fingerprint density at radius 2 is 1.95 bits per heavy atom. The second kappa shape index (κ2) is 4.85. The normalized spacial score (nSPS) is 26.3. The van der Waals surface area contributed by atoms with Crippen LogP contribution >= 0.6 is 15.9 Å². The van der Waals surface area contributed by atoms with E-state index in [1.54, 1.807) is 0 Å². The monoisotopic (exact) mass is 330 g/mol. The van der Waals surface area contributed by atoms with Crippen molar-refractivity contribution < 1.29 is 4.74 Å². The van der Waals surface area contributed by atoms with Gasteiger partial charge in [0.15, 0.2) is 0 Å². The van der Waals surface area contributed by atoms with Gasteiger partial charge in [0, 0.05) is 6.61 Å². The van der Waals surface area contributed by atoms with Gasteiger partial charge in [-0.15, -0.1) is 0 Å². The number of ether oxygens (including phenoxy) is 1. The van der Waals surface area contributed by atoms with Crippen LogP contribution in [0.15, 0.2) is 30.3 Å². The third-order valence-corrected chi connectivity index (χ3v) is 5.95. The van der Waals surface area contributed by atoms with Crippen molar-refractivity contribution in [1.82, 2.24) is 0 Å². The first kappa shape index (κ1) is 12.8. The van der Waals surface area contributed by atoms with E-state index in [0.717, 1.165) is 6.61 Å². The maximum absolute atomic E-state index is 5.96. The summed E-state index contributed by atoms with van der Waals surface area (Å²) < 4.78 is 5.96. The molecule has 4 rings (SSSR count). The summed E-state index contributed by atoms with van der Waals surface area (Å²) in [6, 6.07) is 11.4. The van der Waals surface area contributed by atoms with Crippen molar-refractivity contribution in [3.63, 3.8) is 0 Å². The van der Waals surface area contributed by atoms with E-state index in [4.69, 9.17) is 4.74 Å². The molecule has 0 saturated carbocycles. The van der Waals surface area contributed by atoms with Crippen molar-refractivity contribution >= 4 is 26.7 Å². The fraction of sp³-hybridized carbons (Fsp3) is 0.444. The third-order valence-electron chi connectivity index (χ3n) is 4.94. The van der Waals surface area contributed by atoms with Gasteiger partial charge in [0.1, 0.15) is 0 Å². The SMILES string of the molecule is CC1CCOC1C(Br)c1ccc2c3c(cccc13)CC2. The summed E-state index contributed by atoms with van der Waals surface area (Å²) >= 11 is 3.92. The van der Waals surface area contributed by atoms with Gasteiger partial charge in [-0.1, -0.05) is 53.2 Å². The minimum absolute atomic E-state index is 0.296. The first-order chi connectivity index (χ1) is 9.75. The van der Waals surface area contributed by atoms with E-state index in [0.29, 0.717) is 16.8 Å². The number of halogens is 1. The molecule has 0 radical (unpaired) electrons. The van der Waals surface area contributed by atoms with E-state index in [2.05, 4.69) is 53.2 Å². The Morgan fingerprint density at radius 1 is 1.15 bits per heavy atom. The minimum Gasteiger partial charge on any atom is -0.376 e. The quantitative estimate of drug-likeness (QED) is 0.718. The molecule has 3 atom stereocenters. The second-order valence-corrected chi connectivity index (χ2v) is 7.14. The summed E-state index contributed by atoms with van der Waals surface area (Å²) in [7, 11) is 0. The highest BCUT2D eigenvalue weighted by molar-refractivity contribution is 9.09. The minimum atomic E-state index is 0.296. The lowest BCUT2D eigenvalue weighted by molar-refractivity contribution is 0.0937. The van der Waals surface area contributed by atoms with E-state index >= 15 is 0 Å². The van der Waals surface area contributed by atoms with Gasteiger partial charge in [0.25, 0.3) is 0 Å². The van der Waals surface area contributed by atoms with Gasteiger partial charge in [0.05, 0.1) is 10.9 Å². The van der Waals surface area contributed by atoms with E-state index in [1.807, 2.05) is 0 Å². The molecule has 0 aromatic heterocycles. The number of alkyl halides is 1. The van der Waals surface area contributed by atoms with Gasteiger partial charge < -0.3 is 4.74 Å². The number of rotatable bonds is 2. The molecule has 1 fully saturated rings. The highest BCUT2D eigenvalue weighted by atomic mass is 79.9. The van der Waals surface area contributed by atoms with Gasteiger partial charge >= 0.3 is 0 Å². The van der Waals surface area contributed by atoms with Gasteiger partial charge in [-0.2, -0.15) is 0 Å². The predicted molar refractivity (Wildman–Crippen MR) is 86.5 cm³/mol. The molecule has 20 heavy (non-hydrogen) atoms. The zero-order chi connectivity index (χ0) is 13.7. The van der Waals surface area contributed by atoms with Crippen LogP contribution in [0.25, 0.3) is 10.8 Å². The van der Waals surface area contributed by atoms with Crippen LogP contribution in [-0.2, 0) is 17.6 Å². The van der Waals surface area contributed by atoms with Crippen molar-refractivity contribution in [2.75, 3.05) is 6.61 Å². The molecular weight excluding hydrogens is 312 g/mol. The number of aryl methyl sites for hydroxylation is 2. The van der Waals surface area contributed by atoms with Crippen molar-refractivity contribution in [2.45, 2.75) is 37.1 Å². The predicted octanol–water partition coefficient (Wildman–Crippen LogP) is 4.80. The Bertz CT molecular complexity index is 654. The van der Waals surface area contributed by atoms with Crippen LogP contribution < -0.4 is 0 Å². The Labute approximate surface area is 128 Å². The molecule has 0 amide bonds. The Hall–Kier alpha value is -0.860. The summed E-state index contributed by atoms with van der Waals surface area (Å²) in [6.45, 7) is 3.20. The molecule has 1 nitrogen and oxygen atoms in total. The molecule has 0 N–H and O–H groups in total. The van der Waals surface area contributed by atoms with Crippen molar-refractivity contribution in [2.24, 2.45) is 5.92 Å². The first-order valence-corrected chi connectivity index (χ1v) is 8.46. The van der Waals surface area contributed by atoms with Gasteiger partial charge in [-0.3, -0.25) is 0 Å². The average molecular weight is 331 g/mol. The molecule has 1 aliphatic carbocycles. The van der Waals surface area contributed by atoms with Gasteiger partial charge in [0.2, 0.25) is 0 Å². The molecule has 0 bridgehead atoms. The molecule has 0 spiro atoms. The van der Waals surface area contributed by atoms with E-state index in [-0.39, 0.29) is 0 Å². The number of benzene rings is 2. The van der Waals surface area contributed by atoms with E-state index in [9.17, 15) is 0 Å². The fourth-order valence-corrected chi connectivity index (χ4v) is 4.85. The largest absolute Gasteiger partial charge is 0.376 e. The summed E-state index contributed by atoms with van der Waals surface area (Å²) in [5.41, 5.74) is 4.42. The number of hydrogen-bond acceptors (Lipinski definition) is 1. The molecule has 3 unspecified atom stereocenters. The molecule has 104 valence electrons. The van der Waals surface area contributed by atoms with Crippen LogP contribution in [0.2, 0.25) is 0 Å². The zero-order valence-corrected chi connectivity index (χ0v) is 13.3. The average Bonchev–Trinajstić information content (AvgIpc) is 3.07. The lowest BCUT2D eigenvalue weighted by Crippen LogP contribution is -2.19. The third kappa shape index (κ3) is 1.85. The van der Waals surface area contributed by atoms with Crippen LogP contribution in [0.5, 0.6) is 0 Å². The van der Waals surface area contributed by atoms with Gasteiger partial charge in [-0.05, 0) is 52.6 Å². The lowest BCUT2D eigenvalue weighted by Gasteiger charge is -2.23. The van der Waals surface area contributed by atoms with Crippen molar-refractivity contribution in [1.29, 1.82) is 0 Å². The first-order valence-electron chi connectivity index (χ1n) is 7.55. The summed E-state index contributed by atoms with van der Waals surface area (Å²) in [5, 5.41) is 2.92. The smallest absolute Gasteiger partial charge is 0.0767 e. The molecule has 1 heterocycles. The Balaban J connectivity index is 1.85. The number of hydrogen-bond donors (Lipinski definition) is 0. The lowest BCUT2D eigenvalue weighted by atomic mass is 9.92. The molecule has 2 aromatic carbocycles. The molecule has 1 saturated heterocycles. The highest BCUT2D eigenvalue weighted by Gasteiger charge is 2.32.